The first-order chi connectivity index (χ1) is 18.5. The van der Waals surface area contributed by atoms with E-state index in [1.54, 1.807) is 4.68 Å². The summed E-state index contributed by atoms with van der Waals surface area (Å²) in [6.07, 6.45) is 0.903. The Kier molecular flexibility index (Phi) is 8.00. The van der Waals surface area contributed by atoms with Gasteiger partial charge in [-0.1, -0.05) is 78.8 Å². The Morgan fingerprint density at radius 2 is 1.89 bits per heavy atom. The molecule has 3 aromatic carbocycles. The molecule has 194 valence electrons. The molecular weight excluding hydrogens is 518 g/mol. The second-order valence-electron chi connectivity index (χ2n) is 8.85. The molecule has 4 aromatic rings. The SMILES string of the molecule is CCCOc1cccc(C2C(C(=O)Nc3ccccc3)=C(C)Nc3nc(SCc4ccccc4Cl)nn32)c1. The number of hydrogen-bond donors (Lipinski definition) is 2. The van der Waals surface area contributed by atoms with Crippen LogP contribution in [-0.4, -0.2) is 27.3 Å². The molecule has 38 heavy (non-hydrogen) atoms. The molecule has 0 saturated heterocycles. The first kappa shape index (κ1) is 25.9. The summed E-state index contributed by atoms with van der Waals surface area (Å²) in [4.78, 5) is 18.4. The zero-order valence-electron chi connectivity index (χ0n) is 21.1. The average Bonchev–Trinajstić information content (AvgIpc) is 3.33. The summed E-state index contributed by atoms with van der Waals surface area (Å²) in [7, 11) is 0. The number of fused-ring (bicyclic) bond motifs is 1. The summed E-state index contributed by atoms with van der Waals surface area (Å²) in [5, 5.41) is 12.5. The van der Waals surface area contributed by atoms with Crippen molar-refractivity contribution in [1.82, 2.24) is 14.8 Å². The summed E-state index contributed by atoms with van der Waals surface area (Å²) in [5.74, 6) is 1.74. The standard InChI is InChI=1S/C29H28ClN5O2S/c1-3-16-37-23-14-9-11-20(17-23)26-25(27(36)32-22-12-5-4-6-13-22)19(2)31-28-33-29(34-35(26)28)38-18-21-10-7-8-15-24(21)30/h4-15,17,26H,3,16,18H2,1-2H3,(H,32,36)(H,31,33,34). The molecule has 5 rings (SSSR count). The average molecular weight is 546 g/mol. The monoisotopic (exact) mass is 545 g/mol. The van der Waals surface area contributed by atoms with E-state index in [0.717, 1.165) is 29.0 Å². The van der Waals surface area contributed by atoms with Gasteiger partial charge in [-0.2, -0.15) is 4.98 Å². The number of anilines is 2. The molecule has 1 amide bonds. The quantitative estimate of drug-likeness (QED) is 0.222. The fourth-order valence-electron chi connectivity index (χ4n) is 4.27. The van der Waals surface area contributed by atoms with E-state index < -0.39 is 6.04 Å². The summed E-state index contributed by atoms with van der Waals surface area (Å²) in [5.41, 5.74) is 3.88. The number of ether oxygens (including phenoxy) is 1. The van der Waals surface area contributed by atoms with Crippen molar-refractivity contribution in [3.05, 3.63) is 106 Å². The molecule has 2 N–H and O–H groups in total. The summed E-state index contributed by atoms with van der Waals surface area (Å²) in [6.45, 7) is 4.57. The van der Waals surface area contributed by atoms with Gasteiger partial charge in [-0.15, -0.1) is 5.10 Å². The van der Waals surface area contributed by atoms with Gasteiger partial charge in [-0.3, -0.25) is 4.79 Å². The molecule has 2 heterocycles. The van der Waals surface area contributed by atoms with Crippen molar-refractivity contribution in [1.29, 1.82) is 0 Å². The van der Waals surface area contributed by atoms with Crippen LogP contribution in [0.25, 0.3) is 0 Å². The van der Waals surface area contributed by atoms with Crippen molar-refractivity contribution in [3.8, 4) is 5.75 Å². The predicted molar refractivity (Wildman–Crippen MR) is 153 cm³/mol. The van der Waals surface area contributed by atoms with Crippen molar-refractivity contribution in [2.45, 2.75) is 37.2 Å². The number of nitrogens with zero attached hydrogens (tertiary/aromatic N) is 3. The maximum atomic E-state index is 13.7. The third-order valence-corrected chi connectivity index (χ3v) is 7.33. The number of para-hydroxylation sites is 1. The Labute approximate surface area is 231 Å². The molecule has 1 unspecified atom stereocenters. The van der Waals surface area contributed by atoms with Gasteiger partial charge in [0.25, 0.3) is 5.91 Å². The van der Waals surface area contributed by atoms with Gasteiger partial charge in [0.2, 0.25) is 11.1 Å². The van der Waals surface area contributed by atoms with Gasteiger partial charge >= 0.3 is 0 Å². The van der Waals surface area contributed by atoms with Crippen LogP contribution in [0.3, 0.4) is 0 Å². The van der Waals surface area contributed by atoms with Crippen molar-refractivity contribution < 1.29 is 9.53 Å². The number of amides is 1. The van der Waals surface area contributed by atoms with E-state index >= 15 is 0 Å². The van der Waals surface area contributed by atoms with Crippen molar-refractivity contribution in [2.75, 3.05) is 17.2 Å². The molecule has 0 bridgehead atoms. The maximum absolute atomic E-state index is 13.7. The van der Waals surface area contributed by atoms with Crippen LogP contribution in [0.2, 0.25) is 5.02 Å². The zero-order valence-corrected chi connectivity index (χ0v) is 22.7. The third kappa shape index (κ3) is 5.71. The van der Waals surface area contributed by atoms with Gasteiger partial charge in [-0.05, 0) is 54.8 Å². The van der Waals surface area contributed by atoms with Crippen molar-refractivity contribution in [3.63, 3.8) is 0 Å². The van der Waals surface area contributed by atoms with Gasteiger partial charge in [0.1, 0.15) is 11.8 Å². The largest absolute Gasteiger partial charge is 0.494 e. The fourth-order valence-corrected chi connectivity index (χ4v) is 5.38. The van der Waals surface area contributed by atoms with E-state index in [0.29, 0.717) is 39.8 Å². The molecule has 0 radical (unpaired) electrons. The second-order valence-corrected chi connectivity index (χ2v) is 10.2. The number of rotatable bonds is 9. The Bertz CT molecular complexity index is 1470. The van der Waals surface area contributed by atoms with Crippen LogP contribution in [0.4, 0.5) is 11.6 Å². The molecule has 1 aliphatic heterocycles. The van der Waals surface area contributed by atoms with E-state index in [-0.39, 0.29) is 5.91 Å². The van der Waals surface area contributed by atoms with Crippen LogP contribution >= 0.6 is 23.4 Å². The first-order valence-corrected chi connectivity index (χ1v) is 13.8. The van der Waals surface area contributed by atoms with Gasteiger partial charge < -0.3 is 15.4 Å². The number of nitrogens with one attached hydrogen (secondary N) is 2. The Hall–Kier alpha value is -3.75. The highest BCUT2D eigenvalue weighted by Gasteiger charge is 2.34. The number of carbonyl (C=O) groups is 1. The molecular formula is C29H28ClN5O2S. The fraction of sp³-hybridized carbons (Fsp3) is 0.207. The zero-order chi connectivity index (χ0) is 26.5. The molecule has 7 nitrogen and oxygen atoms in total. The highest BCUT2D eigenvalue weighted by atomic mass is 35.5. The molecule has 1 aliphatic rings. The maximum Gasteiger partial charge on any atom is 0.255 e. The van der Waals surface area contributed by atoms with E-state index in [1.165, 1.54) is 11.8 Å². The lowest BCUT2D eigenvalue weighted by molar-refractivity contribution is -0.113. The second kappa shape index (κ2) is 11.8. The van der Waals surface area contributed by atoms with Gasteiger partial charge in [-0.25, -0.2) is 4.68 Å². The molecule has 0 spiro atoms. The molecule has 1 atom stereocenters. The van der Waals surface area contributed by atoms with E-state index in [1.807, 2.05) is 85.8 Å². The smallest absolute Gasteiger partial charge is 0.255 e. The number of aromatic nitrogens is 3. The van der Waals surface area contributed by atoms with E-state index in [9.17, 15) is 4.79 Å². The number of halogens is 1. The van der Waals surface area contributed by atoms with Crippen LogP contribution in [0, 0.1) is 0 Å². The van der Waals surface area contributed by atoms with Crippen molar-refractivity contribution in [2.24, 2.45) is 0 Å². The van der Waals surface area contributed by atoms with E-state index in [2.05, 4.69) is 17.6 Å². The molecule has 0 aliphatic carbocycles. The minimum Gasteiger partial charge on any atom is -0.494 e. The first-order valence-electron chi connectivity index (χ1n) is 12.4. The Morgan fingerprint density at radius 3 is 2.68 bits per heavy atom. The van der Waals surface area contributed by atoms with Gasteiger partial charge in [0.15, 0.2) is 0 Å². The lowest BCUT2D eigenvalue weighted by atomic mass is 9.95. The van der Waals surface area contributed by atoms with Crippen LogP contribution in [-0.2, 0) is 10.5 Å². The van der Waals surface area contributed by atoms with Crippen LogP contribution in [0.15, 0.2) is 95.3 Å². The van der Waals surface area contributed by atoms with Crippen molar-refractivity contribution >= 4 is 40.9 Å². The number of allylic oxidation sites excluding steroid dienone is 1. The molecule has 0 fully saturated rings. The lowest BCUT2D eigenvalue weighted by Gasteiger charge is -2.29. The molecule has 0 saturated carbocycles. The summed E-state index contributed by atoms with van der Waals surface area (Å²) >= 11 is 7.85. The van der Waals surface area contributed by atoms with Crippen LogP contribution < -0.4 is 15.4 Å². The highest BCUT2D eigenvalue weighted by Crippen LogP contribution is 2.38. The predicted octanol–water partition coefficient (Wildman–Crippen LogP) is 6.94. The summed E-state index contributed by atoms with van der Waals surface area (Å²) in [6, 6.07) is 24.5. The number of hydrogen-bond acceptors (Lipinski definition) is 6. The third-order valence-electron chi connectivity index (χ3n) is 6.07. The molecule has 9 heteroatoms. The minimum absolute atomic E-state index is 0.211. The topological polar surface area (TPSA) is 81.1 Å². The van der Waals surface area contributed by atoms with Crippen LogP contribution in [0.1, 0.15) is 37.4 Å². The lowest BCUT2D eigenvalue weighted by Crippen LogP contribution is -2.31. The minimum atomic E-state index is -0.498. The summed E-state index contributed by atoms with van der Waals surface area (Å²) < 4.78 is 7.68. The number of thioether (sulfide) groups is 1. The van der Waals surface area contributed by atoms with E-state index in [4.69, 9.17) is 26.4 Å². The number of carbonyl (C=O) groups excluding carboxylic acids is 1. The Balaban J connectivity index is 1.50. The molecule has 1 aromatic heterocycles. The Morgan fingerprint density at radius 1 is 1.11 bits per heavy atom. The normalized spacial score (nSPS) is 14.6. The van der Waals surface area contributed by atoms with Crippen LogP contribution in [0.5, 0.6) is 5.75 Å². The van der Waals surface area contributed by atoms with Gasteiger partial charge in [0, 0.05) is 22.2 Å². The number of benzene rings is 3. The van der Waals surface area contributed by atoms with Gasteiger partial charge in [0.05, 0.1) is 12.2 Å². The highest BCUT2D eigenvalue weighted by molar-refractivity contribution is 7.98.